The summed E-state index contributed by atoms with van der Waals surface area (Å²) in [6.07, 6.45) is 0.952. The fourth-order valence-electron chi connectivity index (χ4n) is 2.78. The number of anilines is 1. The second-order valence-electron chi connectivity index (χ2n) is 6.78. The zero-order valence-corrected chi connectivity index (χ0v) is 15.5. The number of ether oxygens (including phenoxy) is 3. The number of amides is 1. The maximum absolute atomic E-state index is 12.1. The van der Waals surface area contributed by atoms with Crippen LogP contribution >= 0.6 is 0 Å². The average Bonchev–Trinajstić information content (AvgIpc) is 2.66. The SMILES string of the molecule is CC(C)Cc1ccc(C(=O)OCC(=O)Nc2ccc3c(c2)OCCO3)cc1. The largest absolute Gasteiger partial charge is 0.486 e. The minimum Gasteiger partial charge on any atom is -0.486 e. The lowest BCUT2D eigenvalue weighted by atomic mass is 10.0. The van der Waals surface area contributed by atoms with E-state index >= 15 is 0 Å². The summed E-state index contributed by atoms with van der Waals surface area (Å²) in [5.41, 5.74) is 2.14. The van der Waals surface area contributed by atoms with Crippen LogP contribution in [0.15, 0.2) is 42.5 Å². The number of hydrogen-bond donors (Lipinski definition) is 1. The molecule has 0 saturated carbocycles. The molecule has 27 heavy (non-hydrogen) atoms. The van der Waals surface area contributed by atoms with Gasteiger partial charge in [-0.2, -0.15) is 0 Å². The molecule has 0 spiro atoms. The normalized spacial score (nSPS) is 12.6. The van der Waals surface area contributed by atoms with Crippen LogP contribution in [0.25, 0.3) is 0 Å². The van der Waals surface area contributed by atoms with Crippen LogP contribution in [0.4, 0.5) is 5.69 Å². The van der Waals surface area contributed by atoms with Gasteiger partial charge in [0.1, 0.15) is 13.2 Å². The van der Waals surface area contributed by atoms with Crippen LogP contribution in [0.2, 0.25) is 0 Å². The predicted octanol–water partition coefficient (Wildman–Crippen LogP) is 3.45. The topological polar surface area (TPSA) is 73.9 Å². The third-order valence-corrected chi connectivity index (χ3v) is 3.99. The summed E-state index contributed by atoms with van der Waals surface area (Å²) in [6, 6.07) is 12.4. The standard InChI is InChI=1S/C21H23NO5/c1-14(2)11-15-3-5-16(6-4-15)21(24)27-13-20(23)22-17-7-8-18-19(12-17)26-10-9-25-18/h3-8,12,14H,9-11,13H2,1-2H3,(H,22,23). The molecule has 0 radical (unpaired) electrons. The number of hydrogen-bond acceptors (Lipinski definition) is 5. The van der Waals surface area contributed by atoms with Crippen LogP contribution in [0, 0.1) is 5.92 Å². The molecule has 1 heterocycles. The van der Waals surface area contributed by atoms with E-state index in [0.29, 0.717) is 41.9 Å². The van der Waals surface area contributed by atoms with Gasteiger partial charge in [0.2, 0.25) is 0 Å². The molecule has 0 aliphatic carbocycles. The second-order valence-corrected chi connectivity index (χ2v) is 6.78. The zero-order chi connectivity index (χ0) is 19.2. The molecule has 2 aromatic carbocycles. The molecule has 6 nitrogen and oxygen atoms in total. The van der Waals surface area contributed by atoms with Crippen molar-refractivity contribution in [3.63, 3.8) is 0 Å². The molecular weight excluding hydrogens is 346 g/mol. The molecule has 0 atom stereocenters. The van der Waals surface area contributed by atoms with Crippen molar-refractivity contribution in [2.75, 3.05) is 25.1 Å². The average molecular weight is 369 g/mol. The maximum Gasteiger partial charge on any atom is 0.338 e. The van der Waals surface area contributed by atoms with Crippen molar-refractivity contribution in [2.45, 2.75) is 20.3 Å². The molecule has 0 aromatic heterocycles. The number of carbonyl (C=O) groups is 2. The molecular formula is C21H23NO5. The van der Waals surface area contributed by atoms with E-state index in [-0.39, 0.29) is 6.61 Å². The molecule has 3 rings (SSSR count). The quantitative estimate of drug-likeness (QED) is 0.790. The monoisotopic (exact) mass is 369 g/mol. The van der Waals surface area contributed by atoms with Crippen LogP contribution in [0.3, 0.4) is 0 Å². The number of benzene rings is 2. The van der Waals surface area contributed by atoms with Gasteiger partial charge in [-0.1, -0.05) is 26.0 Å². The lowest BCUT2D eigenvalue weighted by molar-refractivity contribution is -0.119. The van der Waals surface area contributed by atoms with Crippen molar-refractivity contribution < 1.29 is 23.8 Å². The number of carbonyl (C=O) groups excluding carboxylic acids is 2. The number of esters is 1. The smallest absolute Gasteiger partial charge is 0.338 e. The van der Waals surface area contributed by atoms with Crippen molar-refractivity contribution in [2.24, 2.45) is 5.92 Å². The Labute approximate surface area is 158 Å². The summed E-state index contributed by atoms with van der Waals surface area (Å²) >= 11 is 0. The summed E-state index contributed by atoms with van der Waals surface area (Å²) in [5, 5.41) is 2.68. The number of nitrogens with one attached hydrogen (secondary N) is 1. The highest BCUT2D eigenvalue weighted by atomic mass is 16.6. The summed E-state index contributed by atoms with van der Waals surface area (Å²) in [5.74, 6) is 0.830. The minimum atomic E-state index is -0.525. The summed E-state index contributed by atoms with van der Waals surface area (Å²) in [6.45, 7) is 4.90. The van der Waals surface area contributed by atoms with Crippen LogP contribution in [0.5, 0.6) is 11.5 Å². The van der Waals surface area contributed by atoms with Crippen molar-refractivity contribution >= 4 is 17.6 Å². The van der Waals surface area contributed by atoms with Gasteiger partial charge in [-0.15, -0.1) is 0 Å². The third-order valence-electron chi connectivity index (χ3n) is 3.99. The van der Waals surface area contributed by atoms with E-state index in [1.165, 1.54) is 0 Å². The van der Waals surface area contributed by atoms with Gasteiger partial charge in [-0.3, -0.25) is 4.79 Å². The Morgan fingerprint density at radius 3 is 2.44 bits per heavy atom. The highest BCUT2D eigenvalue weighted by molar-refractivity contribution is 5.95. The minimum absolute atomic E-state index is 0.360. The first-order valence-corrected chi connectivity index (χ1v) is 8.97. The molecule has 2 aromatic rings. The van der Waals surface area contributed by atoms with Gasteiger partial charge in [0, 0.05) is 11.8 Å². The molecule has 0 fully saturated rings. The van der Waals surface area contributed by atoms with E-state index in [1.54, 1.807) is 30.3 Å². The van der Waals surface area contributed by atoms with Crippen molar-refractivity contribution in [1.82, 2.24) is 0 Å². The molecule has 1 aliphatic rings. The molecule has 1 aliphatic heterocycles. The zero-order valence-electron chi connectivity index (χ0n) is 15.5. The first-order valence-electron chi connectivity index (χ1n) is 8.97. The fraction of sp³-hybridized carbons (Fsp3) is 0.333. The molecule has 6 heteroatoms. The highest BCUT2D eigenvalue weighted by Gasteiger charge is 2.14. The Hall–Kier alpha value is -3.02. The van der Waals surface area contributed by atoms with Gasteiger partial charge in [-0.05, 0) is 42.2 Å². The Bertz CT molecular complexity index is 814. The van der Waals surface area contributed by atoms with Crippen molar-refractivity contribution in [3.05, 3.63) is 53.6 Å². The predicted molar refractivity (Wildman–Crippen MR) is 101 cm³/mol. The summed E-state index contributed by atoms with van der Waals surface area (Å²) in [7, 11) is 0. The van der Waals surface area contributed by atoms with E-state index in [1.807, 2.05) is 12.1 Å². The van der Waals surface area contributed by atoms with Gasteiger partial charge in [-0.25, -0.2) is 4.79 Å². The van der Waals surface area contributed by atoms with Crippen LogP contribution < -0.4 is 14.8 Å². The number of rotatable bonds is 6. The molecule has 0 unspecified atom stereocenters. The molecule has 142 valence electrons. The van der Waals surface area contributed by atoms with Crippen LogP contribution in [-0.2, 0) is 16.0 Å². The van der Waals surface area contributed by atoms with Crippen molar-refractivity contribution in [3.8, 4) is 11.5 Å². The van der Waals surface area contributed by atoms with Gasteiger partial charge >= 0.3 is 5.97 Å². The Kier molecular flexibility index (Phi) is 5.96. The van der Waals surface area contributed by atoms with Gasteiger partial charge in [0.15, 0.2) is 18.1 Å². The Balaban J connectivity index is 1.50. The van der Waals surface area contributed by atoms with Crippen LogP contribution in [0.1, 0.15) is 29.8 Å². The summed E-state index contributed by atoms with van der Waals surface area (Å²) < 4.78 is 16.0. The van der Waals surface area contributed by atoms with E-state index in [9.17, 15) is 9.59 Å². The van der Waals surface area contributed by atoms with Gasteiger partial charge in [0.05, 0.1) is 5.56 Å². The highest BCUT2D eigenvalue weighted by Crippen LogP contribution is 2.32. The lowest BCUT2D eigenvalue weighted by Crippen LogP contribution is -2.21. The molecule has 0 bridgehead atoms. The third kappa shape index (κ3) is 5.23. The summed E-state index contributed by atoms with van der Waals surface area (Å²) in [4.78, 5) is 24.1. The molecule has 1 N–H and O–H groups in total. The van der Waals surface area contributed by atoms with Crippen LogP contribution in [-0.4, -0.2) is 31.7 Å². The first kappa shape index (κ1) is 18.8. The molecule has 1 amide bonds. The molecule has 0 saturated heterocycles. The van der Waals surface area contributed by atoms with E-state index in [0.717, 1.165) is 12.0 Å². The van der Waals surface area contributed by atoms with Gasteiger partial charge in [0.25, 0.3) is 5.91 Å². The van der Waals surface area contributed by atoms with Crippen molar-refractivity contribution in [1.29, 1.82) is 0 Å². The first-order chi connectivity index (χ1) is 13.0. The fourth-order valence-corrected chi connectivity index (χ4v) is 2.78. The Morgan fingerprint density at radius 1 is 1.04 bits per heavy atom. The maximum atomic E-state index is 12.1. The Morgan fingerprint density at radius 2 is 1.74 bits per heavy atom. The number of fused-ring (bicyclic) bond motifs is 1. The second kappa shape index (κ2) is 8.58. The van der Waals surface area contributed by atoms with E-state index in [2.05, 4.69) is 19.2 Å². The van der Waals surface area contributed by atoms with E-state index < -0.39 is 11.9 Å². The van der Waals surface area contributed by atoms with Gasteiger partial charge < -0.3 is 19.5 Å². The van der Waals surface area contributed by atoms with E-state index in [4.69, 9.17) is 14.2 Å². The lowest BCUT2D eigenvalue weighted by Gasteiger charge is -2.19.